The predicted molar refractivity (Wildman–Crippen MR) is 101 cm³/mol. The van der Waals surface area contributed by atoms with Gasteiger partial charge in [0, 0.05) is 21.4 Å². The lowest BCUT2D eigenvalue weighted by molar-refractivity contribution is 0.0470. The number of rotatable bonds is 4. The molecule has 4 rings (SSSR count). The number of esters is 1. The fraction of sp³-hybridized carbons (Fsp3) is 0.0526. The molecular weight excluding hydrogens is 370 g/mol. The standard InChI is InChI=1S/C19H12ClN3O2S/c20-13-7-5-12(6-8-13)18-9-16(15-3-1-2-4-17(15)21-18)19(24)25-10-14-11-26-23-22-14/h1-9,11H,10H2. The minimum Gasteiger partial charge on any atom is -0.455 e. The quantitative estimate of drug-likeness (QED) is 0.477. The molecule has 0 aliphatic rings. The molecule has 0 radical (unpaired) electrons. The van der Waals surface area contributed by atoms with Crippen LogP contribution in [0.25, 0.3) is 22.2 Å². The van der Waals surface area contributed by atoms with Gasteiger partial charge < -0.3 is 4.74 Å². The van der Waals surface area contributed by atoms with E-state index >= 15 is 0 Å². The first-order valence-electron chi connectivity index (χ1n) is 7.79. The number of para-hydroxylation sites is 1. The molecule has 0 aliphatic carbocycles. The van der Waals surface area contributed by atoms with Crippen LogP contribution in [0.1, 0.15) is 16.1 Å². The highest BCUT2D eigenvalue weighted by molar-refractivity contribution is 7.03. The van der Waals surface area contributed by atoms with E-state index in [9.17, 15) is 4.79 Å². The Kier molecular flexibility index (Phi) is 4.60. The third kappa shape index (κ3) is 3.42. The number of fused-ring (bicyclic) bond motifs is 1. The summed E-state index contributed by atoms with van der Waals surface area (Å²) >= 11 is 7.18. The Morgan fingerprint density at radius 1 is 1.12 bits per heavy atom. The van der Waals surface area contributed by atoms with Gasteiger partial charge in [-0.15, -0.1) is 5.10 Å². The Balaban J connectivity index is 1.74. The second-order valence-corrected chi connectivity index (χ2v) is 6.60. The molecule has 2 aromatic heterocycles. The monoisotopic (exact) mass is 381 g/mol. The average Bonchev–Trinajstić information content (AvgIpc) is 3.19. The maximum Gasteiger partial charge on any atom is 0.339 e. The number of benzene rings is 2. The van der Waals surface area contributed by atoms with Gasteiger partial charge in [-0.25, -0.2) is 9.78 Å². The van der Waals surface area contributed by atoms with Crippen LogP contribution in [-0.4, -0.2) is 20.5 Å². The zero-order valence-corrected chi connectivity index (χ0v) is 15.0. The van der Waals surface area contributed by atoms with E-state index < -0.39 is 5.97 Å². The van der Waals surface area contributed by atoms with Crippen molar-refractivity contribution in [3.05, 3.63) is 76.3 Å². The number of pyridine rings is 1. The summed E-state index contributed by atoms with van der Waals surface area (Å²) in [5, 5.41) is 7.02. The number of ether oxygens (including phenoxy) is 1. The lowest BCUT2D eigenvalue weighted by atomic mass is 10.0. The normalized spacial score (nSPS) is 10.8. The summed E-state index contributed by atoms with van der Waals surface area (Å²) in [5.74, 6) is -0.424. The van der Waals surface area contributed by atoms with E-state index in [0.717, 1.165) is 16.5 Å². The summed E-state index contributed by atoms with van der Waals surface area (Å²) in [6.07, 6.45) is 0. The van der Waals surface area contributed by atoms with Crippen molar-refractivity contribution in [3.8, 4) is 11.3 Å². The Morgan fingerprint density at radius 2 is 1.92 bits per heavy atom. The van der Waals surface area contributed by atoms with Crippen molar-refractivity contribution in [1.82, 2.24) is 14.6 Å². The molecule has 0 unspecified atom stereocenters. The van der Waals surface area contributed by atoms with Crippen LogP contribution in [-0.2, 0) is 11.3 Å². The van der Waals surface area contributed by atoms with Gasteiger partial charge in [-0.2, -0.15) is 0 Å². The van der Waals surface area contributed by atoms with Crippen LogP contribution in [0.3, 0.4) is 0 Å². The van der Waals surface area contributed by atoms with Crippen LogP contribution in [0.2, 0.25) is 5.02 Å². The van der Waals surface area contributed by atoms with Crippen molar-refractivity contribution >= 4 is 40.0 Å². The molecule has 4 aromatic rings. The van der Waals surface area contributed by atoms with Crippen molar-refractivity contribution < 1.29 is 9.53 Å². The van der Waals surface area contributed by atoms with E-state index in [0.29, 0.717) is 22.0 Å². The van der Waals surface area contributed by atoms with Gasteiger partial charge in [0.2, 0.25) is 0 Å². The first-order chi connectivity index (χ1) is 12.7. The van der Waals surface area contributed by atoms with Crippen LogP contribution in [0.5, 0.6) is 0 Å². The molecule has 0 N–H and O–H groups in total. The summed E-state index contributed by atoms with van der Waals surface area (Å²) in [7, 11) is 0. The van der Waals surface area contributed by atoms with E-state index in [2.05, 4.69) is 14.6 Å². The summed E-state index contributed by atoms with van der Waals surface area (Å²) in [6.45, 7) is 0.0856. The van der Waals surface area contributed by atoms with E-state index in [-0.39, 0.29) is 6.61 Å². The molecule has 0 amide bonds. The van der Waals surface area contributed by atoms with Gasteiger partial charge in [0.1, 0.15) is 12.3 Å². The number of carbonyl (C=O) groups is 1. The first kappa shape index (κ1) is 16.6. The lowest BCUT2D eigenvalue weighted by Crippen LogP contribution is -2.07. The highest BCUT2D eigenvalue weighted by Gasteiger charge is 2.15. The Morgan fingerprint density at radius 3 is 2.69 bits per heavy atom. The molecule has 0 bridgehead atoms. The fourth-order valence-corrected chi connectivity index (χ4v) is 3.14. The average molecular weight is 382 g/mol. The Bertz CT molecular complexity index is 1070. The third-order valence-corrected chi connectivity index (χ3v) is 4.64. The summed E-state index contributed by atoms with van der Waals surface area (Å²) in [4.78, 5) is 17.3. The topological polar surface area (TPSA) is 65.0 Å². The molecular formula is C19H12ClN3O2S. The molecule has 0 spiro atoms. The van der Waals surface area contributed by atoms with Crippen LogP contribution in [0, 0.1) is 0 Å². The highest BCUT2D eigenvalue weighted by Crippen LogP contribution is 2.26. The first-order valence-corrected chi connectivity index (χ1v) is 9.01. The molecule has 0 saturated carbocycles. The predicted octanol–water partition coefficient (Wildman–Crippen LogP) is 4.76. The minimum absolute atomic E-state index is 0.0856. The van der Waals surface area contributed by atoms with Crippen molar-refractivity contribution in [2.45, 2.75) is 6.61 Å². The number of carbonyl (C=O) groups excluding carboxylic acids is 1. The molecule has 7 heteroatoms. The third-order valence-electron chi connectivity index (χ3n) is 3.83. The molecule has 2 heterocycles. The van der Waals surface area contributed by atoms with Gasteiger partial charge in [-0.1, -0.05) is 46.4 Å². The minimum atomic E-state index is -0.424. The Labute approximate surface area is 158 Å². The molecule has 128 valence electrons. The lowest BCUT2D eigenvalue weighted by Gasteiger charge is -2.09. The summed E-state index contributed by atoms with van der Waals surface area (Å²) < 4.78 is 9.17. The van der Waals surface area contributed by atoms with Crippen molar-refractivity contribution in [3.63, 3.8) is 0 Å². The van der Waals surface area contributed by atoms with Gasteiger partial charge in [-0.3, -0.25) is 0 Å². The van der Waals surface area contributed by atoms with Gasteiger partial charge in [-0.05, 0) is 35.8 Å². The van der Waals surface area contributed by atoms with Crippen LogP contribution < -0.4 is 0 Å². The second kappa shape index (κ2) is 7.19. The number of hydrogen-bond donors (Lipinski definition) is 0. The van der Waals surface area contributed by atoms with Crippen LogP contribution in [0.15, 0.2) is 60.0 Å². The van der Waals surface area contributed by atoms with Gasteiger partial charge in [0.25, 0.3) is 0 Å². The SMILES string of the molecule is O=C(OCc1csnn1)c1cc(-c2ccc(Cl)cc2)nc2ccccc12. The Hall–Kier alpha value is -2.83. The summed E-state index contributed by atoms with van der Waals surface area (Å²) in [5.41, 5.74) is 3.37. The van der Waals surface area contributed by atoms with Crippen molar-refractivity contribution in [2.75, 3.05) is 0 Å². The largest absolute Gasteiger partial charge is 0.455 e. The fourth-order valence-electron chi connectivity index (χ4n) is 2.58. The molecule has 5 nitrogen and oxygen atoms in total. The maximum atomic E-state index is 12.7. The second-order valence-electron chi connectivity index (χ2n) is 5.55. The van der Waals surface area contributed by atoms with Gasteiger partial charge >= 0.3 is 5.97 Å². The van der Waals surface area contributed by atoms with Gasteiger partial charge in [0.05, 0.1) is 16.8 Å². The van der Waals surface area contributed by atoms with E-state index in [4.69, 9.17) is 16.3 Å². The number of nitrogens with zero attached hydrogens (tertiary/aromatic N) is 3. The molecule has 0 atom stereocenters. The highest BCUT2D eigenvalue weighted by atomic mass is 35.5. The van der Waals surface area contributed by atoms with E-state index in [1.807, 2.05) is 36.4 Å². The molecule has 0 fully saturated rings. The zero-order valence-electron chi connectivity index (χ0n) is 13.4. The summed E-state index contributed by atoms with van der Waals surface area (Å²) in [6, 6.07) is 16.6. The smallest absolute Gasteiger partial charge is 0.339 e. The van der Waals surface area contributed by atoms with Crippen LogP contribution in [0.4, 0.5) is 0 Å². The molecule has 26 heavy (non-hydrogen) atoms. The van der Waals surface area contributed by atoms with E-state index in [1.54, 1.807) is 23.6 Å². The number of hydrogen-bond acceptors (Lipinski definition) is 6. The van der Waals surface area contributed by atoms with Crippen molar-refractivity contribution in [1.29, 1.82) is 0 Å². The zero-order chi connectivity index (χ0) is 17.9. The maximum absolute atomic E-state index is 12.7. The number of halogens is 1. The van der Waals surface area contributed by atoms with Crippen LogP contribution >= 0.6 is 23.1 Å². The van der Waals surface area contributed by atoms with Gasteiger partial charge in [0.15, 0.2) is 0 Å². The molecule has 2 aromatic carbocycles. The molecule has 0 aliphatic heterocycles. The van der Waals surface area contributed by atoms with Crippen molar-refractivity contribution in [2.24, 2.45) is 0 Å². The molecule has 0 saturated heterocycles. The van der Waals surface area contributed by atoms with E-state index in [1.165, 1.54) is 11.5 Å². The number of aromatic nitrogens is 3.